The highest BCUT2D eigenvalue weighted by Crippen LogP contribution is 2.16. The van der Waals surface area contributed by atoms with Gasteiger partial charge in [-0.15, -0.1) is 0 Å². The highest BCUT2D eigenvalue weighted by atomic mass is 19.3. The molecule has 0 aliphatic heterocycles. The van der Waals surface area contributed by atoms with Gasteiger partial charge >= 0.3 is 25.2 Å². The molecule has 0 spiro atoms. The number of ketones is 1. The van der Waals surface area contributed by atoms with Gasteiger partial charge in [0, 0.05) is 12.2 Å². The van der Waals surface area contributed by atoms with E-state index in [9.17, 15) is 31.9 Å². The zero-order valence-corrected chi connectivity index (χ0v) is 17.4. The van der Waals surface area contributed by atoms with Gasteiger partial charge in [0.05, 0.1) is 0 Å². The third kappa shape index (κ3) is 10.4. The lowest BCUT2D eigenvalue weighted by Crippen LogP contribution is -2.19. The Hall–Kier alpha value is -4.15. The molecule has 0 saturated heterocycles. The number of hydrogen-bond acceptors (Lipinski definition) is 7. The Morgan fingerprint density at radius 2 is 1.00 bits per heavy atom. The molecular weight excluding hydrogens is 464 g/mol. The summed E-state index contributed by atoms with van der Waals surface area (Å²) in [6.07, 6.45) is 4.75. The lowest BCUT2D eigenvalue weighted by atomic mass is 10.2. The molecule has 2 aromatic rings. The minimum Gasteiger partial charge on any atom is -0.454 e. The van der Waals surface area contributed by atoms with Crippen molar-refractivity contribution in [3.05, 3.63) is 71.8 Å². The molecule has 11 heteroatoms. The van der Waals surface area contributed by atoms with Crippen LogP contribution in [0.3, 0.4) is 0 Å². The summed E-state index contributed by atoms with van der Waals surface area (Å²) in [5.41, 5.74) is 1.00. The van der Waals surface area contributed by atoms with Crippen molar-refractivity contribution in [2.24, 2.45) is 0 Å². The van der Waals surface area contributed by atoms with Crippen molar-refractivity contribution in [3.8, 4) is 11.5 Å². The molecule has 0 aliphatic carbocycles. The quantitative estimate of drug-likeness (QED) is 0.254. The Kier molecular flexibility index (Phi) is 10.3. The van der Waals surface area contributed by atoms with E-state index < -0.39 is 44.2 Å². The average Bonchev–Trinajstić information content (AvgIpc) is 2.79. The standard InChI is InChI=1S/C23H18F4O7/c24-22(25)33-18-7-1-15(2-8-18)5-11-20(29)31-13-17(28)14-32-21(30)12-6-16-3-9-19(10-4-16)34-23(26)27/h1-12,22-23H,13-14H2/b11-5+,12-6+. The van der Waals surface area contributed by atoms with E-state index in [1.807, 2.05) is 0 Å². The van der Waals surface area contributed by atoms with Crippen molar-refractivity contribution in [3.63, 3.8) is 0 Å². The molecular formula is C23H18F4O7. The van der Waals surface area contributed by atoms with Crippen LogP contribution in [0, 0.1) is 0 Å². The van der Waals surface area contributed by atoms with Gasteiger partial charge in [-0.3, -0.25) is 4.79 Å². The first-order chi connectivity index (χ1) is 16.2. The van der Waals surface area contributed by atoms with Gasteiger partial charge in [-0.2, -0.15) is 17.6 Å². The maximum Gasteiger partial charge on any atom is 0.387 e. The molecule has 0 heterocycles. The molecule has 0 radical (unpaired) electrons. The SMILES string of the molecule is O=C(COC(=O)/C=C/c1ccc(OC(F)F)cc1)COC(=O)/C=C/c1ccc(OC(F)F)cc1. The van der Waals surface area contributed by atoms with Crippen molar-refractivity contribution in [2.45, 2.75) is 13.2 Å². The van der Waals surface area contributed by atoms with Crippen LogP contribution >= 0.6 is 0 Å². The van der Waals surface area contributed by atoms with Crippen molar-refractivity contribution < 1.29 is 50.9 Å². The van der Waals surface area contributed by atoms with Crippen molar-refractivity contribution in [2.75, 3.05) is 13.2 Å². The lowest BCUT2D eigenvalue weighted by Gasteiger charge is -2.04. The summed E-state index contributed by atoms with van der Waals surface area (Å²) in [4.78, 5) is 35.0. The van der Waals surface area contributed by atoms with Crippen LogP contribution < -0.4 is 9.47 Å². The Balaban J connectivity index is 1.69. The summed E-state index contributed by atoms with van der Waals surface area (Å²) in [7, 11) is 0. The van der Waals surface area contributed by atoms with Crippen LogP contribution in [0.4, 0.5) is 17.6 Å². The molecule has 34 heavy (non-hydrogen) atoms. The van der Waals surface area contributed by atoms with Gasteiger partial charge in [0.2, 0.25) is 5.78 Å². The first kappa shape index (κ1) is 26.1. The molecule has 0 aliphatic rings. The molecule has 2 rings (SSSR count). The number of rotatable bonds is 12. The third-order valence-corrected chi connectivity index (χ3v) is 3.79. The molecule has 0 unspecified atom stereocenters. The number of carbonyl (C=O) groups excluding carboxylic acids is 3. The van der Waals surface area contributed by atoms with Crippen LogP contribution in [0.25, 0.3) is 12.2 Å². The minimum absolute atomic E-state index is 0.0397. The molecule has 0 aromatic heterocycles. The van der Waals surface area contributed by atoms with Crippen LogP contribution in [0.2, 0.25) is 0 Å². The van der Waals surface area contributed by atoms with E-state index in [2.05, 4.69) is 9.47 Å². The van der Waals surface area contributed by atoms with E-state index in [-0.39, 0.29) is 11.5 Å². The van der Waals surface area contributed by atoms with Gasteiger partial charge in [-0.05, 0) is 47.5 Å². The molecule has 0 bridgehead atoms. The maximum absolute atomic E-state index is 12.1. The lowest BCUT2D eigenvalue weighted by molar-refractivity contribution is -0.148. The second kappa shape index (κ2) is 13.4. The Morgan fingerprint density at radius 1 is 0.647 bits per heavy atom. The van der Waals surface area contributed by atoms with E-state index >= 15 is 0 Å². The Labute approximate surface area is 191 Å². The monoisotopic (exact) mass is 482 g/mol. The smallest absolute Gasteiger partial charge is 0.387 e. The topological polar surface area (TPSA) is 88.1 Å². The van der Waals surface area contributed by atoms with Gasteiger partial charge in [0.15, 0.2) is 13.2 Å². The summed E-state index contributed by atoms with van der Waals surface area (Å²) in [5.74, 6) is -2.44. The van der Waals surface area contributed by atoms with Crippen LogP contribution in [-0.4, -0.2) is 44.2 Å². The van der Waals surface area contributed by atoms with Gasteiger partial charge in [0.25, 0.3) is 0 Å². The van der Waals surface area contributed by atoms with Crippen LogP contribution in [-0.2, 0) is 23.9 Å². The molecule has 0 atom stereocenters. The van der Waals surface area contributed by atoms with Crippen LogP contribution in [0.1, 0.15) is 11.1 Å². The molecule has 0 amide bonds. The fourth-order valence-corrected chi connectivity index (χ4v) is 2.29. The zero-order valence-electron chi connectivity index (χ0n) is 17.4. The fraction of sp³-hybridized carbons (Fsp3) is 0.174. The number of benzene rings is 2. The van der Waals surface area contributed by atoms with E-state index in [4.69, 9.17) is 9.47 Å². The maximum atomic E-state index is 12.1. The summed E-state index contributed by atoms with van der Waals surface area (Å²) >= 11 is 0. The van der Waals surface area contributed by atoms with Crippen molar-refractivity contribution >= 4 is 29.9 Å². The second-order valence-electron chi connectivity index (χ2n) is 6.32. The van der Waals surface area contributed by atoms with E-state index in [1.165, 1.54) is 60.7 Å². The molecule has 0 saturated carbocycles. The first-order valence-corrected chi connectivity index (χ1v) is 9.52. The normalized spacial score (nSPS) is 11.2. The first-order valence-electron chi connectivity index (χ1n) is 9.52. The Bertz CT molecular complexity index is 935. The van der Waals surface area contributed by atoms with Gasteiger partial charge in [-0.1, -0.05) is 24.3 Å². The van der Waals surface area contributed by atoms with Crippen molar-refractivity contribution in [1.29, 1.82) is 0 Å². The largest absolute Gasteiger partial charge is 0.454 e. The van der Waals surface area contributed by atoms with Crippen LogP contribution in [0.5, 0.6) is 11.5 Å². The fourth-order valence-electron chi connectivity index (χ4n) is 2.29. The number of alkyl halides is 4. The number of hydrogen-bond donors (Lipinski definition) is 0. The zero-order chi connectivity index (χ0) is 24.9. The predicted molar refractivity (Wildman–Crippen MR) is 111 cm³/mol. The van der Waals surface area contributed by atoms with E-state index in [0.29, 0.717) is 11.1 Å². The van der Waals surface area contributed by atoms with E-state index in [1.54, 1.807) is 0 Å². The molecule has 0 N–H and O–H groups in total. The number of carbonyl (C=O) groups is 3. The average molecular weight is 482 g/mol. The highest BCUT2D eigenvalue weighted by Gasteiger charge is 2.09. The number of esters is 2. The van der Waals surface area contributed by atoms with Crippen LogP contribution in [0.15, 0.2) is 60.7 Å². The Morgan fingerprint density at radius 3 is 1.32 bits per heavy atom. The predicted octanol–water partition coefficient (Wildman–Crippen LogP) is 4.27. The molecule has 2 aromatic carbocycles. The molecule has 0 fully saturated rings. The summed E-state index contributed by atoms with van der Waals surface area (Å²) in [5, 5.41) is 0. The summed E-state index contributed by atoms with van der Waals surface area (Å²) in [6.45, 7) is -7.15. The van der Waals surface area contributed by atoms with Gasteiger partial charge in [-0.25, -0.2) is 9.59 Å². The van der Waals surface area contributed by atoms with Gasteiger partial charge in [0.1, 0.15) is 11.5 Å². The molecule has 180 valence electrons. The van der Waals surface area contributed by atoms with E-state index in [0.717, 1.165) is 12.2 Å². The second-order valence-corrected chi connectivity index (χ2v) is 6.32. The number of halogens is 4. The molecule has 7 nitrogen and oxygen atoms in total. The number of ether oxygens (including phenoxy) is 4. The number of Topliss-reactive ketones (excluding diaryl/α,β-unsaturated/α-hetero) is 1. The highest BCUT2D eigenvalue weighted by molar-refractivity contribution is 5.92. The summed E-state index contributed by atoms with van der Waals surface area (Å²) < 4.78 is 66.2. The minimum atomic E-state index is -2.95. The van der Waals surface area contributed by atoms with Crippen molar-refractivity contribution in [1.82, 2.24) is 0 Å². The van der Waals surface area contributed by atoms with Gasteiger partial charge < -0.3 is 18.9 Å². The summed E-state index contributed by atoms with van der Waals surface area (Å²) in [6, 6.07) is 10.9. The third-order valence-electron chi connectivity index (χ3n) is 3.79.